The summed E-state index contributed by atoms with van der Waals surface area (Å²) in [5.74, 6) is -0.845. The normalized spacial score (nSPS) is 12.1. The smallest absolute Gasteiger partial charge is 0.306 e. The van der Waals surface area contributed by atoms with Gasteiger partial charge in [0, 0.05) is 19.3 Å². The van der Waals surface area contributed by atoms with Crippen LogP contribution < -0.4 is 0 Å². The molecule has 0 aromatic heterocycles. The molecule has 1 unspecified atom stereocenters. The van der Waals surface area contributed by atoms with Gasteiger partial charge in [-0.05, 0) is 70.6 Å². The van der Waals surface area contributed by atoms with Crippen LogP contribution in [0.5, 0.6) is 0 Å². The van der Waals surface area contributed by atoms with Gasteiger partial charge in [0.2, 0.25) is 0 Å². The first kappa shape index (κ1) is 76.9. The van der Waals surface area contributed by atoms with Crippen molar-refractivity contribution in [2.75, 3.05) is 13.2 Å². The van der Waals surface area contributed by atoms with Crippen molar-refractivity contribution < 1.29 is 28.6 Å². The average molecular weight is 1110 g/mol. The van der Waals surface area contributed by atoms with E-state index in [0.717, 1.165) is 64.2 Å². The van der Waals surface area contributed by atoms with E-state index < -0.39 is 6.10 Å². The molecule has 1 atom stereocenters. The maximum Gasteiger partial charge on any atom is 0.306 e. The predicted octanol–water partition coefficient (Wildman–Crippen LogP) is 24.6. The number of hydrogen-bond donors (Lipinski definition) is 0. The fourth-order valence-electron chi connectivity index (χ4n) is 11.0. The van der Waals surface area contributed by atoms with Crippen LogP contribution in [-0.4, -0.2) is 37.2 Å². The minimum absolute atomic E-state index is 0.0687. The first-order valence-electron chi connectivity index (χ1n) is 35.8. The molecule has 79 heavy (non-hydrogen) atoms. The first-order chi connectivity index (χ1) is 39.0. The summed E-state index contributed by atoms with van der Waals surface area (Å²) in [4.78, 5) is 38.5. The third-order valence-electron chi connectivity index (χ3n) is 16.4. The average Bonchev–Trinajstić information content (AvgIpc) is 3.45. The van der Waals surface area contributed by atoms with Gasteiger partial charge in [0.25, 0.3) is 0 Å². The Bertz CT molecular complexity index is 1270. The lowest BCUT2D eigenvalue weighted by atomic mass is 10.0. The second-order valence-electron chi connectivity index (χ2n) is 24.5. The van der Waals surface area contributed by atoms with Gasteiger partial charge in [-0.2, -0.15) is 0 Å². The Balaban J connectivity index is 4.28. The molecule has 0 aromatic rings. The second-order valence-corrected chi connectivity index (χ2v) is 24.5. The fourth-order valence-corrected chi connectivity index (χ4v) is 11.0. The van der Waals surface area contributed by atoms with Crippen LogP contribution in [-0.2, 0) is 28.6 Å². The van der Waals surface area contributed by atoms with Gasteiger partial charge >= 0.3 is 17.9 Å². The van der Waals surface area contributed by atoms with E-state index in [-0.39, 0.29) is 31.1 Å². The second kappa shape index (κ2) is 68.4. The van der Waals surface area contributed by atoms with Gasteiger partial charge in [0.15, 0.2) is 6.10 Å². The quantitative estimate of drug-likeness (QED) is 0.0261. The Hall–Kier alpha value is -2.11. The van der Waals surface area contributed by atoms with E-state index in [9.17, 15) is 14.4 Å². The van der Waals surface area contributed by atoms with E-state index >= 15 is 0 Å². The number of esters is 3. The van der Waals surface area contributed by atoms with E-state index in [1.807, 2.05) is 0 Å². The van der Waals surface area contributed by atoms with Crippen LogP contribution >= 0.6 is 0 Å². The molecule has 466 valence electrons. The number of allylic oxidation sites excluding steroid dienone is 4. The number of rotatable bonds is 67. The van der Waals surface area contributed by atoms with Crippen LogP contribution in [0.15, 0.2) is 24.3 Å². The molecule has 0 N–H and O–H groups in total. The van der Waals surface area contributed by atoms with Crippen molar-refractivity contribution in [1.82, 2.24) is 0 Å². The summed E-state index contributed by atoms with van der Waals surface area (Å²) in [6, 6.07) is 0. The maximum absolute atomic E-state index is 13.0. The minimum atomic E-state index is -0.773. The Morgan fingerprint density at radius 2 is 0.418 bits per heavy atom. The van der Waals surface area contributed by atoms with Crippen LogP contribution in [0.1, 0.15) is 406 Å². The lowest BCUT2D eigenvalue weighted by Gasteiger charge is -2.18. The zero-order chi connectivity index (χ0) is 57.1. The third kappa shape index (κ3) is 66.6. The molecule has 0 spiro atoms. The summed E-state index contributed by atoms with van der Waals surface area (Å²) < 4.78 is 17.0. The van der Waals surface area contributed by atoms with E-state index in [0.29, 0.717) is 19.3 Å². The summed E-state index contributed by atoms with van der Waals surface area (Å²) in [6.07, 6.45) is 83.5. The van der Waals surface area contributed by atoms with Gasteiger partial charge in [-0.15, -0.1) is 0 Å². The van der Waals surface area contributed by atoms with Crippen molar-refractivity contribution in [3.05, 3.63) is 24.3 Å². The highest BCUT2D eigenvalue weighted by Gasteiger charge is 2.19. The summed E-state index contributed by atoms with van der Waals surface area (Å²) in [5, 5.41) is 0. The molecule has 0 saturated heterocycles. The third-order valence-corrected chi connectivity index (χ3v) is 16.4. The highest BCUT2D eigenvalue weighted by atomic mass is 16.6. The van der Waals surface area contributed by atoms with E-state index in [2.05, 4.69) is 45.1 Å². The van der Waals surface area contributed by atoms with Crippen LogP contribution in [0.4, 0.5) is 0 Å². The van der Waals surface area contributed by atoms with E-state index in [4.69, 9.17) is 14.2 Å². The summed E-state index contributed by atoms with van der Waals surface area (Å²) in [7, 11) is 0. The van der Waals surface area contributed by atoms with Gasteiger partial charge in [-0.1, -0.05) is 340 Å². The Labute approximate surface area is 493 Å². The lowest BCUT2D eigenvalue weighted by Crippen LogP contribution is -2.30. The molecule has 0 heterocycles. The standard InChI is InChI=1S/C73H138O6/c1-4-7-10-13-16-19-22-25-28-31-33-35-37-39-40-42-45-48-51-54-57-60-63-66-72(75)78-69-70(68-77-71(74)65-62-59-56-53-50-47-44-30-27-24-21-18-15-12-9-6-3)79-73(76)67-64-61-58-55-52-49-46-43-41-38-36-34-32-29-26-23-20-17-14-11-8-5-2/h30-31,33,44,70H,4-29,32,34-43,45-69H2,1-3H3/b33-31-,44-30-. The SMILES string of the molecule is CCCCCCCCC/C=C\CCCCCCCC(=O)OCC(COC(=O)CCCCCCCCCCCCC/C=C\CCCCCCCCCC)OC(=O)CCCCCCCCCCCCCCCCCCCCCCCC. The number of carbonyl (C=O) groups excluding carboxylic acids is 3. The van der Waals surface area contributed by atoms with Crippen molar-refractivity contribution in [2.24, 2.45) is 0 Å². The van der Waals surface area contributed by atoms with E-state index in [1.165, 1.54) is 302 Å². The molecular formula is C73H138O6. The highest BCUT2D eigenvalue weighted by Crippen LogP contribution is 2.19. The molecule has 0 aromatic carbocycles. The van der Waals surface area contributed by atoms with Crippen molar-refractivity contribution in [1.29, 1.82) is 0 Å². The van der Waals surface area contributed by atoms with Crippen molar-refractivity contribution in [3.63, 3.8) is 0 Å². The molecule has 0 amide bonds. The molecule has 0 bridgehead atoms. The molecule has 0 fully saturated rings. The molecule has 0 aliphatic heterocycles. The molecule has 6 heteroatoms. The molecular weight excluding hydrogens is 973 g/mol. The number of ether oxygens (including phenoxy) is 3. The van der Waals surface area contributed by atoms with Crippen LogP contribution in [0.25, 0.3) is 0 Å². The molecule has 6 nitrogen and oxygen atoms in total. The number of carbonyl (C=O) groups is 3. The van der Waals surface area contributed by atoms with Crippen LogP contribution in [0.3, 0.4) is 0 Å². The van der Waals surface area contributed by atoms with Gasteiger partial charge < -0.3 is 14.2 Å². The largest absolute Gasteiger partial charge is 0.462 e. The predicted molar refractivity (Wildman–Crippen MR) is 344 cm³/mol. The number of unbranched alkanes of at least 4 members (excludes halogenated alkanes) is 52. The zero-order valence-corrected chi connectivity index (χ0v) is 53.7. The molecule has 0 aliphatic rings. The van der Waals surface area contributed by atoms with Crippen molar-refractivity contribution in [3.8, 4) is 0 Å². The Kier molecular flexibility index (Phi) is 66.6. The summed E-state index contributed by atoms with van der Waals surface area (Å²) >= 11 is 0. The summed E-state index contributed by atoms with van der Waals surface area (Å²) in [5.41, 5.74) is 0. The molecule has 0 saturated carbocycles. The Morgan fingerprint density at radius 3 is 0.633 bits per heavy atom. The molecule has 0 rings (SSSR count). The monoisotopic (exact) mass is 1110 g/mol. The van der Waals surface area contributed by atoms with Crippen LogP contribution in [0.2, 0.25) is 0 Å². The highest BCUT2D eigenvalue weighted by molar-refractivity contribution is 5.71. The van der Waals surface area contributed by atoms with Gasteiger partial charge in [0.1, 0.15) is 13.2 Å². The molecule has 0 aliphatic carbocycles. The summed E-state index contributed by atoms with van der Waals surface area (Å²) in [6.45, 7) is 6.72. The van der Waals surface area contributed by atoms with E-state index in [1.54, 1.807) is 0 Å². The Morgan fingerprint density at radius 1 is 0.241 bits per heavy atom. The van der Waals surface area contributed by atoms with Crippen LogP contribution in [0, 0.1) is 0 Å². The topological polar surface area (TPSA) is 78.9 Å². The fraction of sp³-hybridized carbons (Fsp3) is 0.904. The van der Waals surface area contributed by atoms with Gasteiger partial charge in [-0.3, -0.25) is 14.4 Å². The van der Waals surface area contributed by atoms with Gasteiger partial charge in [0.05, 0.1) is 0 Å². The minimum Gasteiger partial charge on any atom is -0.462 e. The van der Waals surface area contributed by atoms with Gasteiger partial charge in [-0.25, -0.2) is 0 Å². The zero-order valence-electron chi connectivity index (χ0n) is 53.7. The maximum atomic E-state index is 13.0. The first-order valence-corrected chi connectivity index (χ1v) is 35.8. The van der Waals surface area contributed by atoms with Crippen molar-refractivity contribution in [2.45, 2.75) is 412 Å². The number of hydrogen-bond acceptors (Lipinski definition) is 6. The van der Waals surface area contributed by atoms with Crippen molar-refractivity contribution >= 4 is 17.9 Å². The molecule has 0 radical (unpaired) electrons. The lowest BCUT2D eigenvalue weighted by molar-refractivity contribution is -0.167.